The van der Waals surface area contributed by atoms with Gasteiger partial charge in [0.15, 0.2) is 0 Å². The Morgan fingerprint density at radius 1 is 1.18 bits per heavy atom. The average Bonchev–Trinajstić information content (AvgIpc) is 3.24. The normalized spacial score (nSPS) is 27.5. The van der Waals surface area contributed by atoms with Crippen molar-refractivity contribution in [2.45, 2.75) is 32.2 Å². The fourth-order valence-electron chi connectivity index (χ4n) is 5.43. The fourth-order valence-corrected chi connectivity index (χ4v) is 5.43. The van der Waals surface area contributed by atoms with Crippen LogP contribution in [0, 0.1) is 17.8 Å². The molecule has 188 valence electrons. The number of ether oxygens (including phenoxy) is 2. The number of alkyl halides is 3. The Bertz CT molecular complexity index is 861. The number of benzene rings is 1. The number of carbonyl (C=O) groups excluding carboxylic acids is 2. The number of nitrogens with one attached hydrogen (secondary N) is 2. The van der Waals surface area contributed by atoms with Gasteiger partial charge in [0.25, 0.3) is 0 Å². The third-order valence-electron chi connectivity index (χ3n) is 7.12. The molecule has 0 unspecified atom stereocenters. The first-order valence-electron chi connectivity index (χ1n) is 11.7. The number of fused-ring (bicyclic) bond motifs is 1. The van der Waals surface area contributed by atoms with Crippen LogP contribution in [-0.4, -0.2) is 80.1 Å². The average molecular weight is 485 g/mol. The molecule has 2 N–H and O–H groups in total. The Kier molecular flexibility index (Phi) is 7.51. The van der Waals surface area contributed by atoms with E-state index >= 15 is 0 Å². The molecule has 2 heterocycles. The number of likely N-dealkylation sites (tertiary alicyclic amines) is 1. The molecule has 8 nitrogen and oxygen atoms in total. The van der Waals surface area contributed by atoms with Crippen LogP contribution in [0.4, 0.5) is 23.7 Å². The number of carbonyl (C=O) groups is 2. The molecule has 34 heavy (non-hydrogen) atoms. The van der Waals surface area contributed by atoms with Crippen LogP contribution in [0.3, 0.4) is 0 Å². The summed E-state index contributed by atoms with van der Waals surface area (Å²) < 4.78 is 46.0. The molecule has 3 aliphatic rings. The number of urea groups is 1. The van der Waals surface area contributed by atoms with Crippen molar-refractivity contribution in [1.29, 1.82) is 0 Å². The van der Waals surface area contributed by atoms with Crippen LogP contribution in [-0.2, 0) is 9.53 Å². The third-order valence-corrected chi connectivity index (χ3v) is 7.12. The van der Waals surface area contributed by atoms with Gasteiger partial charge >= 0.3 is 12.4 Å². The second-order valence-electron chi connectivity index (χ2n) is 9.26. The fraction of sp³-hybridized carbons (Fsp3) is 0.652. The second-order valence-corrected chi connectivity index (χ2v) is 9.26. The molecule has 1 aromatic carbocycles. The minimum Gasteiger partial charge on any atom is -0.406 e. The first kappa shape index (κ1) is 24.6. The number of morpholine rings is 1. The van der Waals surface area contributed by atoms with E-state index in [1.807, 2.05) is 4.90 Å². The smallest absolute Gasteiger partial charge is 0.406 e. The SMILES string of the molecule is C[C@H]1C[C@@H]2[C@@H](CC(=O)N2CCN2CCOCC2)[C@@H]1CNC(=O)Nc1ccc(OC(F)(F)F)cc1. The quantitative estimate of drug-likeness (QED) is 0.622. The maximum absolute atomic E-state index is 12.7. The van der Waals surface area contributed by atoms with Crippen molar-refractivity contribution in [2.24, 2.45) is 17.8 Å². The molecule has 1 aromatic rings. The molecule has 0 radical (unpaired) electrons. The monoisotopic (exact) mass is 484 g/mol. The molecule has 4 atom stereocenters. The molecule has 3 fully saturated rings. The number of nitrogens with zero attached hydrogens (tertiary/aromatic N) is 2. The van der Waals surface area contributed by atoms with Crippen LogP contribution in [0.5, 0.6) is 5.75 Å². The Hall–Kier alpha value is -2.53. The molecule has 1 aliphatic carbocycles. The van der Waals surface area contributed by atoms with Gasteiger partial charge in [-0.2, -0.15) is 0 Å². The molecule has 11 heteroatoms. The predicted octanol–water partition coefficient (Wildman–Crippen LogP) is 2.91. The summed E-state index contributed by atoms with van der Waals surface area (Å²) in [5.74, 6) is 0.606. The number of hydrogen-bond acceptors (Lipinski definition) is 5. The summed E-state index contributed by atoms with van der Waals surface area (Å²) in [6, 6.07) is 4.74. The highest BCUT2D eigenvalue weighted by atomic mass is 19.4. The zero-order valence-electron chi connectivity index (χ0n) is 19.1. The van der Waals surface area contributed by atoms with Gasteiger partial charge in [0.2, 0.25) is 5.91 Å². The summed E-state index contributed by atoms with van der Waals surface area (Å²) in [5.41, 5.74) is 0.356. The van der Waals surface area contributed by atoms with Crippen LogP contribution in [0.25, 0.3) is 0 Å². The summed E-state index contributed by atoms with van der Waals surface area (Å²) in [4.78, 5) is 29.4. The summed E-state index contributed by atoms with van der Waals surface area (Å²) in [7, 11) is 0. The molecule has 3 amide bonds. The van der Waals surface area contributed by atoms with Crippen molar-refractivity contribution in [3.63, 3.8) is 0 Å². The Labute approximate surface area is 196 Å². The van der Waals surface area contributed by atoms with Gasteiger partial charge in [-0.1, -0.05) is 6.92 Å². The Morgan fingerprint density at radius 3 is 2.56 bits per heavy atom. The van der Waals surface area contributed by atoms with Crippen LogP contribution < -0.4 is 15.4 Å². The van der Waals surface area contributed by atoms with Crippen LogP contribution in [0.15, 0.2) is 24.3 Å². The highest BCUT2D eigenvalue weighted by Crippen LogP contribution is 2.45. The Balaban J connectivity index is 1.25. The van der Waals surface area contributed by atoms with E-state index in [2.05, 4.69) is 27.2 Å². The number of anilines is 1. The predicted molar refractivity (Wildman–Crippen MR) is 118 cm³/mol. The second kappa shape index (κ2) is 10.4. The van der Waals surface area contributed by atoms with Crippen molar-refractivity contribution in [1.82, 2.24) is 15.1 Å². The number of hydrogen-bond donors (Lipinski definition) is 2. The topological polar surface area (TPSA) is 83.1 Å². The maximum atomic E-state index is 12.7. The van der Waals surface area contributed by atoms with Gasteiger partial charge in [-0.15, -0.1) is 13.2 Å². The van der Waals surface area contributed by atoms with Crippen molar-refractivity contribution in [3.8, 4) is 5.75 Å². The molecule has 2 aliphatic heterocycles. The van der Waals surface area contributed by atoms with E-state index in [1.165, 1.54) is 12.1 Å². The number of rotatable bonds is 7. The van der Waals surface area contributed by atoms with Gasteiger partial charge in [-0.05, 0) is 48.4 Å². The number of halogens is 3. The molecule has 0 aromatic heterocycles. The van der Waals surface area contributed by atoms with E-state index in [0.29, 0.717) is 24.6 Å². The number of amides is 3. The van der Waals surface area contributed by atoms with E-state index in [-0.39, 0.29) is 29.5 Å². The maximum Gasteiger partial charge on any atom is 0.573 e. The van der Waals surface area contributed by atoms with Crippen molar-refractivity contribution in [3.05, 3.63) is 24.3 Å². The first-order valence-corrected chi connectivity index (χ1v) is 11.7. The summed E-state index contributed by atoms with van der Waals surface area (Å²) in [6.45, 7) is 7.43. The lowest BCUT2D eigenvalue weighted by atomic mass is 9.88. The lowest BCUT2D eigenvalue weighted by Gasteiger charge is -2.31. The van der Waals surface area contributed by atoms with E-state index in [9.17, 15) is 22.8 Å². The van der Waals surface area contributed by atoms with Gasteiger partial charge in [-0.3, -0.25) is 9.69 Å². The minimum atomic E-state index is -4.76. The van der Waals surface area contributed by atoms with Crippen LogP contribution >= 0.6 is 0 Å². The van der Waals surface area contributed by atoms with E-state index in [0.717, 1.165) is 57.9 Å². The highest BCUT2D eigenvalue weighted by Gasteiger charge is 2.50. The standard InChI is InChI=1S/C23H31F3N4O4/c1-15-12-20-18(13-21(31)30(20)7-6-29-8-10-33-11-9-29)19(15)14-27-22(32)28-16-2-4-17(5-3-16)34-23(24,25)26/h2-5,15,18-20H,6-14H2,1H3,(H2,27,28,32)/t15-,18-,19+,20+/m0/s1. The molecule has 1 saturated carbocycles. The summed E-state index contributed by atoms with van der Waals surface area (Å²) in [6.07, 6.45) is -3.33. The van der Waals surface area contributed by atoms with Gasteiger partial charge in [0, 0.05) is 50.9 Å². The third kappa shape index (κ3) is 6.12. The van der Waals surface area contributed by atoms with Gasteiger partial charge < -0.3 is 25.0 Å². The van der Waals surface area contributed by atoms with Crippen LogP contribution in [0.1, 0.15) is 19.8 Å². The van der Waals surface area contributed by atoms with E-state index in [1.54, 1.807) is 0 Å². The van der Waals surface area contributed by atoms with E-state index < -0.39 is 12.4 Å². The molecular weight excluding hydrogens is 453 g/mol. The van der Waals surface area contributed by atoms with Crippen molar-refractivity contribution >= 4 is 17.6 Å². The van der Waals surface area contributed by atoms with Crippen molar-refractivity contribution in [2.75, 3.05) is 51.3 Å². The van der Waals surface area contributed by atoms with Gasteiger partial charge in [0.05, 0.1) is 13.2 Å². The lowest BCUT2D eigenvalue weighted by molar-refractivity contribution is -0.274. The first-order chi connectivity index (χ1) is 16.2. The molecule has 0 spiro atoms. The summed E-state index contributed by atoms with van der Waals surface area (Å²) in [5, 5.41) is 5.49. The van der Waals surface area contributed by atoms with E-state index in [4.69, 9.17) is 4.74 Å². The Morgan fingerprint density at radius 2 is 1.88 bits per heavy atom. The lowest BCUT2D eigenvalue weighted by Crippen LogP contribution is -2.44. The van der Waals surface area contributed by atoms with Gasteiger partial charge in [0.1, 0.15) is 5.75 Å². The molecule has 2 saturated heterocycles. The van der Waals surface area contributed by atoms with Gasteiger partial charge in [-0.25, -0.2) is 4.79 Å². The van der Waals surface area contributed by atoms with Crippen molar-refractivity contribution < 1.29 is 32.2 Å². The largest absolute Gasteiger partial charge is 0.573 e. The molecule has 4 rings (SSSR count). The molecular formula is C23H31F3N4O4. The minimum absolute atomic E-state index is 0.186. The summed E-state index contributed by atoms with van der Waals surface area (Å²) >= 11 is 0. The zero-order valence-corrected chi connectivity index (χ0v) is 19.1. The highest BCUT2D eigenvalue weighted by molar-refractivity contribution is 5.89. The molecule has 0 bridgehead atoms. The zero-order chi connectivity index (χ0) is 24.3. The van der Waals surface area contributed by atoms with Crippen LogP contribution in [0.2, 0.25) is 0 Å².